The van der Waals surface area contributed by atoms with Crippen LogP contribution in [0.5, 0.6) is 5.75 Å². The van der Waals surface area contributed by atoms with Gasteiger partial charge in [-0.1, -0.05) is 42.5 Å². The Balaban J connectivity index is 1.70. The number of benzene rings is 2. The summed E-state index contributed by atoms with van der Waals surface area (Å²) in [5.41, 5.74) is 4.02. The molecule has 1 unspecified atom stereocenters. The minimum atomic E-state index is -0.299. The average molecular weight is 543 g/mol. The average Bonchev–Trinajstić information content (AvgIpc) is 3.62. The van der Waals surface area contributed by atoms with Crippen molar-refractivity contribution < 1.29 is 18.6 Å². The Hall–Kier alpha value is -2.63. The summed E-state index contributed by atoms with van der Waals surface area (Å²) >= 11 is 8.20. The molecule has 1 atom stereocenters. The minimum absolute atomic E-state index is 0.0986. The molecule has 3 aromatic rings. The molecule has 0 N–H and O–H groups in total. The molecule has 37 heavy (non-hydrogen) atoms. The van der Waals surface area contributed by atoms with Gasteiger partial charge in [0.2, 0.25) is 0 Å². The van der Waals surface area contributed by atoms with Gasteiger partial charge in [0.1, 0.15) is 18.4 Å². The van der Waals surface area contributed by atoms with E-state index in [1.165, 1.54) is 20.0 Å². The lowest BCUT2D eigenvalue weighted by atomic mass is 9.98. The molecular weight excluding hydrogens is 511 g/mol. The van der Waals surface area contributed by atoms with E-state index in [0.717, 1.165) is 44.6 Å². The summed E-state index contributed by atoms with van der Waals surface area (Å²) in [4.78, 5) is 8.17. The van der Waals surface area contributed by atoms with Crippen molar-refractivity contribution in [3.05, 3.63) is 62.7 Å². The summed E-state index contributed by atoms with van der Waals surface area (Å²) in [6.45, 7) is 4.64. The maximum Gasteiger partial charge on any atom is 0.187 e. The monoisotopic (exact) mass is 542 g/mol. The molecule has 0 saturated heterocycles. The third-order valence-corrected chi connectivity index (χ3v) is 7.90. The van der Waals surface area contributed by atoms with Crippen LogP contribution in [0, 0.1) is 37.9 Å². The van der Waals surface area contributed by atoms with Crippen LogP contribution in [0.25, 0.3) is 11.3 Å². The first-order valence-electron chi connectivity index (χ1n) is 12.2. The highest BCUT2D eigenvalue weighted by atomic mass is 35.5. The van der Waals surface area contributed by atoms with Crippen LogP contribution in [0.4, 0.5) is 9.52 Å². The van der Waals surface area contributed by atoms with Crippen molar-refractivity contribution in [2.75, 3.05) is 32.5 Å². The van der Waals surface area contributed by atoms with Gasteiger partial charge in [0.15, 0.2) is 5.13 Å². The quantitative estimate of drug-likeness (QED) is 0.136. The molecule has 1 aliphatic carbocycles. The molecule has 196 valence electrons. The van der Waals surface area contributed by atoms with Gasteiger partial charge < -0.3 is 19.1 Å². The summed E-state index contributed by atoms with van der Waals surface area (Å²) in [5.74, 6) is 3.83. The Labute approximate surface area is 227 Å². The largest absolute Gasteiger partial charge is 0.496 e. The highest BCUT2D eigenvalue weighted by molar-refractivity contribution is 7.16. The second kappa shape index (κ2) is 12.3. The van der Waals surface area contributed by atoms with Gasteiger partial charge in [0.25, 0.3) is 0 Å². The Morgan fingerprint density at radius 1 is 1.24 bits per heavy atom. The number of rotatable bonds is 12. The fraction of sp³-hybridized carbons (Fsp3) is 0.414. The van der Waals surface area contributed by atoms with E-state index in [1.807, 2.05) is 32.0 Å². The van der Waals surface area contributed by atoms with Gasteiger partial charge in [-0.05, 0) is 55.5 Å². The number of halogens is 2. The molecule has 1 aromatic heterocycles. The normalized spacial score (nSPS) is 13.9. The van der Waals surface area contributed by atoms with Crippen LogP contribution < -0.4 is 9.64 Å². The van der Waals surface area contributed by atoms with Gasteiger partial charge in [-0.3, -0.25) is 0 Å². The summed E-state index contributed by atoms with van der Waals surface area (Å²) in [6, 6.07) is 9.08. The lowest BCUT2D eigenvalue weighted by Gasteiger charge is -2.31. The lowest BCUT2D eigenvalue weighted by Crippen LogP contribution is -2.29. The molecule has 5 nitrogen and oxygen atoms in total. The van der Waals surface area contributed by atoms with E-state index in [1.54, 1.807) is 30.6 Å². The molecular formula is C29H32ClFN2O3S. The molecule has 1 aliphatic rings. The molecule has 0 aliphatic heterocycles. The van der Waals surface area contributed by atoms with Gasteiger partial charge >= 0.3 is 0 Å². The smallest absolute Gasteiger partial charge is 0.187 e. The molecule has 8 heteroatoms. The van der Waals surface area contributed by atoms with E-state index >= 15 is 4.39 Å². The van der Waals surface area contributed by atoms with E-state index < -0.39 is 0 Å². The second-order valence-electron chi connectivity index (χ2n) is 9.34. The van der Waals surface area contributed by atoms with Crippen molar-refractivity contribution in [3.63, 3.8) is 0 Å². The number of methoxy groups -OCH3 is 2. The topological polar surface area (TPSA) is 43.8 Å². The molecule has 0 spiro atoms. The SMILES string of the molecule is C#CCN(c1nc(-c2cc(C)c(OC)cc2Cl)c(C)s1)C(CC1CC1)c1ccc(COCOC)c(F)c1. The number of aromatic nitrogens is 1. The van der Waals surface area contributed by atoms with Crippen molar-refractivity contribution >= 4 is 28.1 Å². The third kappa shape index (κ3) is 6.45. The number of hydrogen-bond acceptors (Lipinski definition) is 6. The van der Waals surface area contributed by atoms with Crippen molar-refractivity contribution in [2.24, 2.45) is 5.92 Å². The van der Waals surface area contributed by atoms with E-state index in [-0.39, 0.29) is 25.3 Å². The van der Waals surface area contributed by atoms with Crippen molar-refractivity contribution in [1.29, 1.82) is 0 Å². The minimum Gasteiger partial charge on any atom is -0.496 e. The molecule has 0 radical (unpaired) electrons. The number of ether oxygens (including phenoxy) is 3. The van der Waals surface area contributed by atoms with E-state index in [4.69, 9.17) is 37.2 Å². The molecule has 1 saturated carbocycles. The van der Waals surface area contributed by atoms with Crippen LogP contribution in [0.15, 0.2) is 30.3 Å². The molecule has 4 rings (SSSR count). The van der Waals surface area contributed by atoms with E-state index in [9.17, 15) is 0 Å². The Kier molecular flexibility index (Phi) is 9.09. The summed E-state index contributed by atoms with van der Waals surface area (Å²) in [6.07, 6.45) is 9.07. The van der Waals surface area contributed by atoms with Crippen LogP contribution in [0.2, 0.25) is 5.02 Å². The second-order valence-corrected chi connectivity index (χ2v) is 10.9. The summed E-state index contributed by atoms with van der Waals surface area (Å²) in [7, 11) is 3.17. The molecule has 1 heterocycles. The van der Waals surface area contributed by atoms with Gasteiger partial charge in [-0.15, -0.1) is 17.8 Å². The first kappa shape index (κ1) is 27.4. The predicted molar refractivity (Wildman–Crippen MR) is 148 cm³/mol. The molecule has 1 fully saturated rings. The zero-order valence-electron chi connectivity index (χ0n) is 21.6. The van der Waals surface area contributed by atoms with Crippen molar-refractivity contribution in [1.82, 2.24) is 4.98 Å². The first-order valence-corrected chi connectivity index (χ1v) is 13.4. The van der Waals surface area contributed by atoms with Crippen LogP contribution in [-0.4, -0.2) is 32.5 Å². The number of anilines is 1. The van der Waals surface area contributed by atoms with E-state index in [0.29, 0.717) is 23.0 Å². The number of terminal acetylenes is 1. The van der Waals surface area contributed by atoms with Crippen molar-refractivity contribution in [2.45, 2.75) is 45.8 Å². The van der Waals surface area contributed by atoms with Gasteiger partial charge in [0.05, 0.1) is 37.0 Å². The fourth-order valence-electron chi connectivity index (χ4n) is 4.46. The summed E-state index contributed by atoms with van der Waals surface area (Å²) < 4.78 is 30.7. The highest BCUT2D eigenvalue weighted by Crippen LogP contribution is 2.44. The number of nitrogens with zero attached hydrogens (tertiary/aromatic N) is 2. The third-order valence-electron chi connectivity index (χ3n) is 6.58. The number of aryl methyl sites for hydroxylation is 2. The highest BCUT2D eigenvalue weighted by Gasteiger charge is 2.32. The standard InChI is InChI=1S/C29H32ClFN2O3S/c1-6-11-33(29-32-28(19(3)37-29)23-12-18(2)27(35-5)15-24(23)30)26(13-20-7-8-20)21-9-10-22(25(31)14-21)16-36-17-34-4/h1,9-10,12,14-15,20,26H,7-8,11,13,16-17H2,2-5H3. The zero-order chi connectivity index (χ0) is 26.5. The number of hydrogen-bond donors (Lipinski definition) is 0. The van der Waals surface area contributed by atoms with Gasteiger partial charge in [0, 0.05) is 23.1 Å². The van der Waals surface area contributed by atoms with E-state index in [2.05, 4.69) is 10.8 Å². The lowest BCUT2D eigenvalue weighted by molar-refractivity contribution is -0.0398. The maximum absolute atomic E-state index is 15.1. The predicted octanol–water partition coefficient (Wildman–Crippen LogP) is 7.33. The molecule has 0 amide bonds. The Morgan fingerprint density at radius 3 is 2.68 bits per heavy atom. The fourth-order valence-corrected chi connectivity index (χ4v) is 5.68. The van der Waals surface area contributed by atoms with Crippen LogP contribution in [0.3, 0.4) is 0 Å². The molecule has 0 bridgehead atoms. The Morgan fingerprint density at radius 2 is 2.03 bits per heavy atom. The van der Waals surface area contributed by atoms with Gasteiger partial charge in [-0.2, -0.15) is 0 Å². The van der Waals surface area contributed by atoms with Crippen LogP contribution in [-0.2, 0) is 16.1 Å². The van der Waals surface area contributed by atoms with Gasteiger partial charge in [-0.25, -0.2) is 9.37 Å². The first-order chi connectivity index (χ1) is 17.9. The maximum atomic E-state index is 15.1. The number of thiazole rings is 1. The van der Waals surface area contributed by atoms with Crippen LogP contribution >= 0.6 is 22.9 Å². The summed E-state index contributed by atoms with van der Waals surface area (Å²) in [5, 5.41) is 1.38. The Bertz CT molecular complexity index is 1280. The van der Waals surface area contributed by atoms with Crippen LogP contribution in [0.1, 0.15) is 46.9 Å². The zero-order valence-corrected chi connectivity index (χ0v) is 23.2. The molecule has 2 aromatic carbocycles. The van der Waals surface area contributed by atoms with Crippen molar-refractivity contribution in [3.8, 4) is 29.4 Å².